The number of nitrogens with two attached hydrogens (primary N) is 1. The molecule has 3 heteroatoms. The molecule has 0 aliphatic heterocycles. The van der Waals surface area contributed by atoms with Crippen molar-refractivity contribution in [2.45, 2.75) is 25.3 Å². The molecule has 0 aromatic carbocycles. The lowest BCUT2D eigenvalue weighted by Crippen LogP contribution is -2.46. The van der Waals surface area contributed by atoms with Crippen molar-refractivity contribution >= 4 is 0 Å². The molecule has 0 aromatic rings. The zero-order valence-electron chi connectivity index (χ0n) is 8.83. The van der Waals surface area contributed by atoms with Gasteiger partial charge in [-0.05, 0) is 25.8 Å². The molecule has 0 aromatic heterocycles. The lowest BCUT2D eigenvalue weighted by Gasteiger charge is -2.38. The SMILES string of the molecule is COCCN(C)C(CN)C1CCC1. The minimum atomic E-state index is 0.573. The molecule has 1 unspecified atom stereocenters. The molecule has 78 valence electrons. The van der Waals surface area contributed by atoms with E-state index in [1.807, 2.05) is 0 Å². The lowest BCUT2D eigenvalue weighted by molar-refractivity contribution is 0.0902. The first-order chi connectivity index (χ1) is 6.29. The van der Waals surface area contributed by atoms with Gasteiger partial charge < -0.3 is 10.5 Å². The largest absolute Gasteiger partial charge is 0.383 e. The first kappa shape index (κ1) is 11.0. The van der Waals surface area contributed by atoms with Crippen molar-refractivity contribution in [1.29, 1.82) is 0 Å². The molecule has 3 nitrogen and oxygen atoms in total. The van der Waals surface area contributed by atoms with E-state index in [-0.39, 0.29) is 0 Å². The number of nitrogens with zero attached hydrogens (tertiary/aromatic N) is 1. The Balaban J connectivity index is 2.26. The third-order valence-corrected chi connectivity index (χ3v) is 3.15. The highest BCUT2D eigenvalue weighted by Crippen LogP contribution is 2.31. The van der Waals surface area contributed by atoms with E-state index in [0.29, 0.717) is 6.04 Å². The van der Waals surface area contributed by atoms with Crippen LogP contribution in [0.3, 0.4) is 0 Å². The maximum absolute atomic E-state index is 5.77. The van der Waals surface area contributed by atoms with E-state index in [1.165, 1.54) is 19.3 Å². The molecule has 0 amide bonds. The van der Waals surface area contributed by atoms with Gasteiger partial charge in [-0.3, -0.25) is 4.90 Å². The van der Waals surface area contributed by atoms with E-state index in [4.69, 9.17) is 10.5 Å². The van der Waals surface area contributed by atoms with Gasteiger partial charge in [0.1, 0.15) is 0 Å². The van der Waals surface area contributed by atoms with E-state index >= 15 is 0 Å². The summed E-state index contributed by atoms with van der Waals surface area (Å²) in [5, 5.41) is 0. The molecule has 1 fully saturated rings. The fraction of sp³-hybridized carbons (Fsp3) is 1.00. The number of hydrogen-bond acceptors (Lipinski definition) is 3. The van der Waals surface area contributed by atoms with Gasteiger partial charge in [0.15, 0.2) is 0 Å². The summed E-state index contributed by atoms with van der Waals surface area (Å²) < 4.78 is 5.06. The predicted molar refractivity (Wildman–Crippen MR) is 54.7 cm³/mol. The average molecular weight is 186 g/mol. The first-order valence-electron chi connectivity index (χ1n) is 5.18. The molecule has 2 N–H and O–H groups in total. The van der Waals surface area contributed by atoms with Gasteiger partial charge in [0.05, 0.1) is 6.61 Å². The fourth-order valence-electron chi connectivity index (χ4n) is 1.96. The van der Waals surface area contributed by atoms with Crippen LogP contribution >= 0.6 is 0 Å². The summed E-state index contributed by atoms with van der Waals surface area (Å²) in [5.41, 5.74) is 5.77. The standard InChI is InChI=1S/C10H22N2O/c1-12(6-7-13-2)10(8-11)9-4-3-5-9/h9-10H,3-8,11H2,1-2H3. The Labute approximate surface area is 81.2 Å². The molecule has 1 atom stereocenters. The second-order valence-electron chi connectivity index (χ2n) is 3.97. The summed E-state index contributed by atoms with van der Waals surface area (Å²) in [4.78, 5) is 2.34. The van der Waals surface area contributed by atoms with E-state index in [0.717, 1.165) is 25.6 Å². The number of rotatable bonds is 6. The van der Waals surface area contributed by atoms with Crippen LogP contribution in [-0.4, -0.2) is 44.8 Å². The quantitative estimate of drug-likeness (QED) is 0.663. The second-order valence-corrected chi connectivity index (χ2v) is 3.97. The molecule has 13 heavy (non-hydrogen) atoms. The molecule has 1 aliphatic carbocycles. The van der Waals surface area contributed by atoms with Gasteiger partial charge in [0.25, 0.3) is 0 Å². The van der Waals surface area contributed by atoms with E-state index in [9.17, 15) is 0 Å². The van der Waals surface area contributed by atoms with Crippen molar-refractivity contribution in [3.63, 3.8) is 0 Å². The fourth-order valence-corrected chi connectivity index (χ4v) is 1.96. The van der Waals surface area contributed by atoms with Crippen LogP contribution in [-0.2, 0) is 4.74 Å². The van der Waals surface area contributed by atoms with Crippen molar-refractivity contribution in [1.82, 2.24) is 4.90 Å². The third kappa shape index (κ3) is 2.93. The van der Waals surface area contributed by atoms with Crippen molar-refractivity contribution < 1.29 is 4.74 Å². The monoisotopic (exact) mass is 186 g/mol. The minimum absolute atomic E-state index is 0.573. The summed E-state index contributed by atoms with van der Waals surface area (Å²) in [6.45, 7) is 2.58. The highest BCUT2D eigenvalue weighted by molar-refractivity contribution is 4.84. The number of likely N-dealkylation sites (N-methyl/N-ethyl adjacent to an activating group) is 1. The molecule has 0 radical (unpaired) electrons. The van der Waals surface area contributed by atoms with Crippen molar-refractivity contribution in [3.05, 3.63) is 0 Å². The average Bonchev–Trinajstić information content (AvgIpc) is 2.06. The van der Waals surface area contributed by atoms with Crippen LogP contribution in [0.2, 0.25) is 0 Å². The van der Waals surface area contributed by atoms with E-state index in [1.54, 1.807) is 7.11 Å². The van der Waals surface area contributed by atoms with Crippen LogP contribution in [0.4, 0.5) is 0 Å². The molecular formula is C10H22N2O. The Kier molecular flexibility index (Phi) is 4.70. The van der Waals surface area contributed by atoms with Crippen LogP contribution in [0.15, 0.2) is 0 Å². The van der Waals surface area contributed by atoms with Gasteiger partial charge >= 0.3 is 0 Å². The van der Waals surface area contributed by atoms with E-state index < -0.39 is 0 Å². The third-order valence-electron chi connectivity index (χ3n) is 3.15. The number of methoxy groups -OCH3 is 1. The van der Waals surface area contributed by atoms with Crippen LogP contribution < -0.4 is 5.73 Å². The molecule has 0 bridgehead atoms. The van der Waals surface area contributed by atoms with Gasteiger partial charge in [-0.1, -0.05) is 6.42 Å². The second kappa shape index (κ2) is 5.58. The van der Waals surface area contributed by atoms with Gasteiger partial charge in [-0.15, -0.1) is 0 Å². The maximum Gasteiger partial charge on any atom is 0.0589 e. The molecule has 0 spiro atoms. The normalized spacial score (nSPS) is 20.3. The molecule has 1 saturated carbocycles. The zero-order chi connectivity index (χ0) is 9.68. The van der Waals surface area contributed by atoms with Crippen LogP contribution in [0.5, 0.6) is 0 Å². The molecule has 1 rings (SSSR count). The van der Waals surface area contributed by atoms with Gasteiger partial charge in [-0.25, -0.2) is 0 Å². The molecule has 0 saturated heterocycles. The highest BCUT2D eigenvalue weighted by Gasteiger charge is 2.28. The Morgan fingerprint density at radius 1 is 1.54 bits per heavy atom. The molecule has 0 heterocycles. The minimum Gasteiger partial charge on any atom is -0.383 e. The Morgan fingerprint density at radius 2 is 2.23 bits per heavy atom. The number of hydrogen-bond donors (Lipinski definition) is 1. The van der Waals surface area contributed by atoms with Gasteiger partial charge in [-0.2, -0.15) is 0 Å². The maximum atomic E-state index is 5.77. The summed E-state index contributed by atoms with van der Waals surface area (Å²) in [5.74, 6) is 0.840. The van der Waals surface area contributed by atoms with Crippen molar-refractivity contribution in [3.8, 4) is 0 Å². The van der Waals surface area contributed by atoms with Crippen LogP contribution in [0.25, 0.3) is 0 Å². The predicted octanol–water partition coefficient (Wildman–Crippen LogP) is 0.692. The lowest BCUT2D eigenvalue weighted by atomic mass is 9.79. The highest BCUT2D eigenvalue weighted by atomic mass is 16.5. The first-order valence-corrected chi connectivity index (χ1v) is 5.18. The Hall–Kier alpha value is -0.120. The summed E-state index contributed by atoms with van der Waals surface area (Å²) in [7, 11) is 3.89. The molecule has 1 aliphatic rings. The van der Waals surface area contributed by atoms with Crippen LogP contribution in [0.1, 0.15) is 19.3 Å². The Bertz CT molecular complexity index is 137. The number of ether oxygens (including phenoxy) is 1. The van der Waals surface area contributed by atoms with Gasteiger partial charge in [0.2, 0.25) is 0 Å². The van der Waals surface area contributed by atoms with Crippen molar-refractivity contribution in [2.24, 2.45) is 11.7 Å². The van der Waals surface area contributed by atoms with Crippen LogP contribution in [0, 0.1) is 5.92 Å². The topological polar surface area (TPSA) is 38.5 Å². The summed E-state index contributed by atoms with van der Waals surface area (Å²) in [6.07, 6.45) is 4.11. The molecular weight excluding hydrogens is 164 g/mol. The van der Waals surface area contributed by atoms with E-state index in [2.05, 4.69) is 11.9 Å². The smallest absolute Gasteiger partial charge is 0.0589 e. The zero-order valence-corrected chi connectivity index (χ0v) is 8.83. The summed E-state index contributed by atoms with van der Waals surface area (Å²) in [6, 6.07) is 0.573. The van der Waals surface area contributed by atoms with Crippen molar-refractivity contribution in [2.75, 3.05) is 33.9 Å². The summed E-state index contributed by atoms with van der Waals surface area (Å²) >= 11 is 0. The Morgan fingerprint density at radius 3 is 2.62 bits per heavy atom. The van der Waals surface area contributed by atoms with Gasteiger partial charge in [0, 0.05) is 26.2 Å².